The number of amides is 1. The zero-order valence-corrected chi connectivity index (χ0v) is 14.6. The third kappa shape index (κ3) is 4.23. The lowest BCUT2D eigenvalue weighted by atomic mass is 9.97. The number of piperidine rings is 1. The first-order valence-electron chi connectivity index (χ1n) is 8.64. The molecule has 1 aliphatic rings. The van der Waals surface area contributed by atoms with E-state index in [0.717, 1.165) is 19.4 Å². The molecule has 1 saturated heterocycles. The summed E-state index contributed by atoms with van der Waals surface area (Å²) in [5, 5.41) is 17.5. The summed E-state index contributed by atoms with van der Waals surface area (Å²) in [6.45, 7) is 4.58. The van der Waals surface area contributed by atoms with Gasteiger partial charge in [-0.15, -0.1) is 0 Å². The molecule has 1 fully saturated rings. The van der Waals surface area contributed by atoms with Crippen LogP contribution in [0.4, 0.5) is 5.69 Å². The van der Waals surface area contributed by atoms with Crippen LogP contribution in [-0.2, 0) is 11.3 Å². The van der Waals surface area contributed by atoms with Crippen molar-refractivity contribution in [2.75, 3.05) is 19.6 Å². The van der Waals surface area contributed by atoms with E-state index in [1.54, 1.807) is 12.1 Å². The van der Waals surface area contributed by atoms with E-state index in [-0.39, 0.29) is 17.5 Å². The molecule has 0 aliphatic carbocycles. The van der Waals surface area contributed by atoms with Crippen LogP contribution < -0.4 is 5.32 Å². The number of nitrogens with one attached hydrogen (secondary N) is 1. The smallest absolute Gasteiger partial charge is 0.269 e. The SMILES string of the molecule is CCNC(=O)C1CCCN(Cc2nc(-c3ccc([N+](=O)[O-])cc3)no2)C1. The zero-order chi connectivity index (χ0) is 18.5. The number of carbonyl (C=O) groups excluding carboxylic acids is 1. The molecule has 1 amide bonds. The van der Waals surface area contributed by atoms with Crippen molar-refractivity contribution >= 4 is 11.6 Å². The summed E-state index contributed by atoms with van der Waals surface area (Å²) in [4.78, 5) is 28.8. The number of non-ortho nitro benzene ring substituents is 1. The number of rotatable bonds is 6. The van der Waals surface area contributed by atoms with Gasteiger partial charge in [-0.05, 0) is 38.4 Å². The molecule has 9 heteroatoms. The molecule has 0 bridgehead atoms. The fourth-order valence-corrected chi connectivity index (χ4v) is 3.09. The van der Waals surface area contributed by atoms with Gasteiger partial charge in [0.15, 0.2) is 0 Å². The predicted molar refractivity (Wildman–Crippen MR) is 93.1 cm³/mol. The summed E-state index contributed by atoms with van der Waals surface area (Å²) in [7, 11) is 0. The molecular weight excluding hydrogens is 338 g/mol. The van der Waals surface area contributed by atoms with Crippen LogP contribution >= 0.6 is 0 Å². The highest BCUT2D eigenvalue weighted by Gasteiger charge is 2.26. The lowest BCUT2D eigenvalue weighted by Gasteiger charge is -2.30. The Morgan fingerprint density at radius 3 is 2.88 bits per heavy atom. The molecule has 1 aliphatic heterocycles. The average Bonchev–Trinajstić information content (AvgIpc) is 3.10. The first-order chi connectivity index (χ1) is 12.6. The van der Waals surface area contributed by atoms with Crippen LogP contribution in [0.5, 0.6) is 0 Å². The largest absolute Gasteiger partial charge is 0.356 e. The first kappa shape index (κ1) is 18.0. The van der Waals surface area contributed by atoms with Crippen molar-refractivity contribution in [2.24, 2.45) is 5.92 Å². The molecule has 2 aromatic rings. The number of likely N-dealkylation sites (tertiary alicyclic amines) is 1. The number of nitro groups is 1. The summed E-state index contributed by atoms with van der Waals surface area (Å²) in [5.74, 6) is 0.942. The molecule has 1 aromatic carbocycles. The van der Waals surface area contributed by atoms with Gasteiger partial charge in [0.2, 0.25) is 17.6 Å². The fourth-order valence-electron chi connectivity index (χ4n) is 3.09. The van der Waals surface area contributed by atoms with Crippen molar-refractivity contribution in [3.05, 3.63) is 40.3 Å². The van der Waals surface area contributed by atoms with Crippen molar-refractivity contribution < 1.29 is 14.2 Å². The zero-order valence-electron chi connectivity index (χ0n) is 14.6. The molecule has 0 saturated carbocycles. The minimum atomic E-state index is -0.451. The summed E-state index contributed by atoms with van der Waals surface area (Å²) in [6.07, 6.45) is 1.84. The van der Waals surface area contributed by atoms with Gasteiger partial charge in [0, 0.05) is 30.8 Å². The Balaban J connectivity index is 1.63. The second-order valence-corrected chi connectivity index (χ2v) is 6.28. The topological polar surface area (TPSA) is 114 Å². The standard InChI is InChI=1S/C17H21N5O4/c1-2-18-17(23)13-4-3-9-21(10-13)11-15-19-16(20-26-15)12-5-7-14(8-6-12)22(24)25/h5-8,13H,2-4,9-11H2,1H3,(H,18,23). The normalized spacial score (nSPS) is 17.8. The Kier molecular flexibility index (Phi) is 5.57. The molecule has 1 aromatic heterocycles. The predicted octanol–water partition coefficient (Wildman–Crippen LogP) is 1.99. The van der Waals surface area contributed by atoms with Gasteiger partial charge >= 0.3 is 0 Å². The van der Waals surface area contributed by atoms with E-state index in [1.165, 1.54) is 12.1 Å². The molecule has 9 nitrogen and oxygen atoms in total. The maximum atomic E-state index is 12.0. The lowest BCUT2D eigenvalue weighted by Crippen LogP contribution is -2.42. The molecule has 1 unspecified atom stereocenters. The van der Waals surface area contributed by atoms with Gasteiger partial charge in [0.1, 0.15) is 0 Å². The summed E-state index contributed by atoms with van der Waals surface area (Å²) in [5.41, 5.74) is 0.673. The van der Waals surface area contributed by atoms with Gasteiger partial charge in [-0.25, -0.2) is 0 Å². The van der Waals surface area contributed by atoms with E-state index in [9.17, 15) is 14.9 Å². The molecule has 2 heterocycles. The maximum Gasteiger partial charge on any atom is 0.269 e. The molecule has 1 N–H and O–H groups in total. The van der Waals surface area contributed by atoms with Crippen LogP contribution in [0.25, 0.3) is 11.4 Å². The molecule has 0 radical (unpaired) electrons. The van der Waals surface area contributed by atoms with Crippen LogP contribution in [0.3, 0.4) is 0 Å². The Morgan fingerprint density at radius 1 is 1.42 bits per heavy atom. The van der Waals surface area contributed by atoms with Gasteiger partial charge in [0.25, 0.3) is 5.69 Å². The quantitative estimate of drug-likeness (QED) is 0.619. The monoisotopic (exact) mass is 359 g/mol. The molecule has 1 atom stereocenters. The number of aromatic nitrogens is 2. The minimum Gasteiger partial charge on any atom is -0.356 e. The minimum absolute atomic E-state index is 0.0132. The molecule has 3 rings (SSSR count). The van der Waals surface area contributed by atoms with E-state index >= 15 is 0 Å². The van der Waals surface area contributed by atoms with Gasteiger partial charge in [-0.1, -0.05) is 5.16 Å². The number of carbonyl (C=O) groups is 1. The van der Waals surface area contributed by atoms with Crippen molar-refractivity contribution in [2.45, 2.75) is 26.3 Å². The summed E-state index contributed by atoms with van der Waals surface area (Å²) in [6, 6.07) is 6.01. The highest BCUT2D eigenvalue weighted by molar-refractivity contribution is 5.78. The van der Waals surface area contributed by atoms with E-state index in [1.807, 2.05) is 6.92 Å². The Morgan fingerprint density at radius 2 is 2.19 bits per heavy atom. The van der Waals surface area contributed by atoms with Crippen molar-refractivity contribution in [1.29, 1.82) is 0 Å². The van der Waals surface area contributed by atoms with E-state index in [0.29, 0.717) is 36.9 Å². The number of hydrogen-bond donors (Lipinski definition) is 1. The van der Waals surface area contributed by atoms with E-state index in [2.05, 4.69) is 20.4 Å². The van der Waals surface area contributed by atoms with Crippen LogP contribution in [0.1, 0.15) is 25.7 Å². The van der Waals surface area contributed by atoms with Crippen molar-refractivity contribution in [3.63, 3.8) is 0 Å². The summed E-state index contributed by atoms with van der Waals surface area (Å²) < 4.78 is 5.31. The summed E-state index contributed by atoms with van der Waals surface area (Å²) >= 11 is 0. The molecule has 0 spiro atoms. The molecule has 138 valence electrons. The van der Waals surface area contributed by atoms with Crippen LogP contribution in [0.2, 0.25) is 0 Å². The van der Waals surface area contributed by atoms with Crippen LogP contribution in [-0.4, -0.2) is 45.5 Å². The van der Waals surface area contributed by atoms with Gasteiger partial charge < -0.3 is 9.84 Å². The third-order valence-corrected chi connectivity index (χ3v) is 4.39. The number of benzene rings is 1. The Hall–Kier alpha value is -2.81. The van der Waals surface area contributed by atoms with Gasteiger partial charge in [-0.2, -0.15) is 4.98 Å². The molecular formula is C17H21N5O4. The number of nitrogens with zero attached hydrogens (tertiary/aromatic N) is 4. The highest BCUT2D eigenvalue weighted by atomic mass is 16.6. The second-order valence-electron chi connectivity index (χ2n) is 6.28. The average molecular weight is 359 g/mol. The number of hydrogen-bond acceptors (Lipinski definition) is 7. The third-order valence-electron chi connectivity index (χ3n) is 4.39. The Bertz CT molecular complexity index is 774. The maximum absolute atomic E-state index is 12.0. The van der Waals surface area contributed by atoms with E-state index in [4.69, 9.17) is 4.52 Å². The van der Waals surface area contributed by atoms with E-state index < -0.39 is 4.92 Å². The fraction of sp³-hybridized carbons (Fsp3) is 0.471. The number of nitro benzene ring substituents is 1. The second kappa shape index (κ2) is 8.05. The van der Waals surface area contributed by atoms with Crippen molar-refractivity contribution in [3.8, 4) is 11.4 Å². The highest BCUT2D eigenvalue weighted by Crippen LogP contribution is 2.22. The molecule has 26 heavy (non-hydrogen) atoms. The van der Waals surface area contributed by atoms with Crippen LogP contribution in [0, 0.1) is 16.0 Å². The van der Waals surface area contributed by atoms with Crippen LogP contribution in [0.15, 0.2) is 28.8 Å². The van der Waals surface area contributed by atoms with Gasteiger partial charge in [-0.3, -0.25) is 19.8 Å². The van der Waals surface area contributed by atoms with Crippen molar-refractivity contribution in [1.82, 2.24) is 20.4 Å². The lowest BCUT2D eigenvalue weighted by molar-refractivity contribution is -0.384. The van der Waals surface area contributed by atoms with Gasteiger partial charge in [0.05, 0.1) is 17.4 Å². The first-order valence-corrected chi connectivity index (χ1v) is 8.64. The Labute approximate surface area is 150 Å².